The molecule has 0 unspecified atom stereocenters. The van der Waals surface area contributed by atoms with Gasteiger partial charge in [-0.15, -0.1) is 0 Å². The predicted molar refractivity (Wildman–Crippen MR) is 167 cm³/mol. The van der Waals surface area contributed by atoms with Crippen molar-refractivity contribution in [3.8, 4) is 0 Å². The van der Waals surface area contributed by atoms with Gasteiger partial charge in [-0.05, 0) is 60.5 Å². The number of nitrogens with one attached hydrogen (secondary N) is 1. The van der Waals surface area contributed by atoms with Gasteiger partial charge in [0.25, 0.3) is 10.0 Å². The van der Waals surface area contributed by atoms with Gasteiger partial charge < -0.3 is 10.2 Å². The van der Waals surface area contributed by atoms with Crippen molar-refractivity contribution in [3.05, 3.63) is 130 Å². The quantitative estimate of drug-likeness (QED) is 0.211. The first kappa shape index (κ1) is 31.1. The van der Waals surface area contributed by atoms with Crippen molar-refractivity contribution < 1.29 is 18.0 Å². The van der Waals surface area contributed by atoms with E-state index in [-0.39, 0.29) is 29.5 Å². The van der Waals surface area contributed by atoms with Crippen LogP contribution in [0.15, 0.2) is 114 Å². The van der Waals surface area contributed by atoms with E-state index in [2.05, 4.69) is 5.32 Å². The van der Waals surface area contributed by atoms with E-state index in [1.54, 1.807) is 67.6 Å². The van der Waals surface area contributed by atoms with Crippen molar-refractivity contribution in [1.82, 2.24) is 10.2 Å². The molecule has 42 heavy (non-hydrogen) atoms. The zero-order valence-corrected chi connectivity index (χ0v) is 25.3. The lowest BCUT2D eigenvalue weighted by Gasteiger charge is -2.33. The smallest absolute Gasteiger partial charge is 0.264 e. The maximum absolute atomic E-state index is 14.3. The Morgan fingerprint density at radius 2 is 1.43 bits per heavy atom. The number of amides is 2. The van der Waals surface area contributed by atoms with Crippen LogP contribution in [0.5, 0.6) is 0 Å². The van der Waals surface area contributed by atoms with Crippen molar-refractivity contribution in [2.45, 2.75) is 30.8 Å². The summed E-state index contributed by atoms with van der Waals surface area (Å²) < 4.78 is 28.9. The third kappa shape index (κ3) is 7.91. The van der Waals surface area contributed by atoms with E-state index in [9.17, 15) is 18.0 Å². The van der Waals surface area contributed by atoms with Crippen molar-refractivity contribution in [3.63, 3.8) is 0 Å². The number of hydrogen-bond donors (Lipinski definition) is 1. The third-order valence-electron chi connectivity index (χ3n) is 6.59. The highest BCUT2D eigenvalue weighted by molar-refractivity contribution is 7.92. The molecule has 2 amide bonds. The first-order valence-electron chi connectivity index (χ1n) is 13.4. The number of carbonyl (C=O) groups is 2. The van der Waals surface area contributed by atoms with Gasteiger partial charge in [0.05, 0.1) is 10.6 Å². The largest absolute Gasteiger partial charge is 0.355 e. The Hall–Kier alpha value is -3.85. The second-order valence-electron chi connectivity index (χ2n) is 9.55. The summed E-state index contributed by atoms with van der Waals surface area (Å²) >= 11 is 12.3. The van der Waals surface area contributed by atoms with Crippen LogP contribution in [-0.2, 0) is 32.6 Å². The fourth-order valence-corrected chi connectivity index (χ4v) is 6.25. The van der Waals surface area contributed by atoms with Gasteiger partial charge in [0, 0.05) is 29.6 Å². The lowest BCUT2D eigenvalue weighted by atomic mass is 10.0. The molecule has 0 fully saturated rings. The van der Waals surface area contributed by atoms with Crippen LogP contribution in [0.1, 0.15) is 18.1 Å². The molecular formula is C32H31Cl2N3O4S. The minimum absolute atomic E-state index is 0.0200. The fraction of sp³-hybridized carbons (Fsp3) is 0.188. The highest BCUT2D eigenvalue weighted by Gasteiger charge is 2.34. The molecule has 0 aliphatic heterocycles. The first-order valence-corrected chi connectivity index (χ1v) is 15.6. The minimum Gasteiger partial charge on any atom is -0.355 e. The molecule has 7 nitrogen and oxygen atoms in total. The van der Waals surface area contributed by atoms with E-state index in [1.165, 1.54) is 23.1 Å². The molecule has 1 atom stereocenters. The van der Waals surface area contributed by atoms with Gasteiger partial charge in [0.1, 0.15) is 12.6 Å². The summed E-state index contributed by atoms with van der Waals surface area (Å²) in [6.07, 6.45) is 0.231. The molecule has 0 heterocycles. The second kappa shape index (κ2) is 14.4. The molecule has 0 spiro atoms. The van der Waals surface area contributed by atoms with Crippen LogP contribution < -0.4 is 9.62 Å². The SMILES string of the molecule is CCNC(=O)[C@@H](Cc1ccccc1)N(Cc1ccc(Cl)cc1)C(=O)CN(c1cccc(Cl)c1)S(=O)(=O)c1ccccc1. The number of likely N-dealkylation sites (N-methyl/N-ethyl adjacent to an activating group) is 1. The monoisotopic (exact) mass is 623 g/mol. The second-order valence-corrected chi connectivity index (χ2v) is 12.3. The Labute approximate surface area is 256 Å². The molecule has 4 aromatic rings. The number of anilines is 1. The first-order chi connectivity index (χ1) is 20.2. The molecule has 0 saturated heterocycles. The average molecular weight is 625 g/mol. The number of sulfonamides is 1. The van der Waals surface area contributed by atoms with Gasteiger partial charge in [-0.1, -0.05) is 89.9 Å². The Morgan fingerprint density at radius 1 is 0.786 bits per heavy atom. The molecule has 0 saturated carbocycles. The van der Waals surface area contributed by atoms with E-state index in [4.69, 9.17) is 23.2 Å². The summed E-state index contributed by atoms with van der Waals surface area (Å²) in [5.41, 5.74) is 1.81. The van der Waals surface area contributed by atoms with Crippen molar-refractivity contribution in [1.29, 1.82) is 0 Å². The van der Waals surface area contributed by atoms with Gasteiger partial charge in [-0.25, -0.2) is 8.42 Å². The van der Waals surface area contributed by atoms with Crippen molar-refractivity contribution >= 4 is 50.7 Å². The summed E-state index contributed by atoms with van der Waals surface area (Å²) in [5.74, 6) is -0.902. The molecule has 4 rings (SSSR count). The van der Waals surface area contributed by atoms with Crippen molar-refractivity contribution in [2.24, 2.45) is 0 Å². The van der Waals surface area contributed by atoms with Gasteiger partial charge in [-0.2, -0.15) is 0 Å². The summed E-state index contributed by atoms with van der Waals surface area (Å²) in [6, 6.07) is 29.6. The number of carbonyl (C=O) groups excluding carboxylic acids is 2. The molecule has 10 heteroatoms. The highest BCUT2D eigenvalue weighted by atomic mass is 35.5. The maximum Gasteiger partial charge on any atom is 0.264 e. The van der Waals surface area contributed by atoms with E-state index in [0.717, 1.165) is 15.4 Å². The zero-order chi connectivity index (χ0) is 30.1. The van der Waals surface area contributed by atoms with Crippen LogP contribution in [0.3, 0.4) is 0 Å². The van der Waals surface area contributed by atoms with Gasteiger partial charge in [0.2, 0.25) is 11.8 Å². The summed E-state index contributed by atoms with van der Waals surface area (Å²) in [5, 5.41) is 3.69. The van der Waals surface area contributed by atoms with Crippen LogP contribution in [0.2, 0.25) is 10.0 Å². The number of rotatable bonds is 12. The van der Waals surface area contributed by atoms with Crippen LogP contribution in [0, 0.1) is 0 Å². The summed E-state index contributed by atoms with van der Waals surface area (Å²) in [4.78, 5) is 29.2. The summed E-state index contributed by atoms with van der Waals surface area (Å²) in [6.45, 7) is 1.66. The highest BCUT2D eigenvalue weighted by Crippen LogP contribution is 2.27. The fourth-order valence-electron chi connectivity index (χ4n) is 4.51. The predicted octanol–water partition coefficient (Wildman–Crippen LogP) is 5.96. The van der Waals surface area contributed by atoms with E-state index in [0.29, 0.717) is 16.6 Å². The van der Waals surface area contributed by atoms with Gasteiger partial charge >= 0.3 is 0 Å². The van der Waals surface area contributed by atoms with Crippen LogP contribution in [0.25, 0.3) is 0 Å². The third-order valence-corrected chi connectivity index (χ3v) is 8.87. The topological polar surface area (TPSA) is 86.8 Å². The Kier molecular flexibility index (Phi) is 10.6. The van der Waals surface area contributed by atoms with E-state index >= 15 is 0 Å². The number of hydrogen-bond acceptors (Lipinski definition) is 4. The van der Waals surface area contributed by atoms with Crippen LogP contribution in [-0.4, -0.2) is 44.3 Å². The number of benzene rings is 4. The van der Waals surface area contributed by atoms with E-state index < -0.39 is 28.5 Å². The molecule has 4 aromatic carbocycles. The summed E-state index contributed by atoms with van der Waals surface area (Å²) in [7, 11) is -4.18. The zero-order valence-electron chi connectivity index (χ0n) is 23.0. The normalized spacial score (nSPS) is 11.9. The molecule has 1 N–H and O–H groups in total. The number of nitrogens with zero attached hydrogens (tertiary/aromatic N) is 2. The average Bonchev–Trinajstić information content (AvgIpc) is 2.99. The molecule has 0 aliphatic rings. The van der Waals surface area contributed by atoms with Gasteiger partial charge in [0.15, 0.2) is 0 Å². The lowest BCUT2D eigenvalue weighted by molar-refractivity contribution is -0.140. The molecule has 0 bridgehead atoms. The number of halogens is 2. The molecular weight excluding hydrogens is 593 g/mol. The Bertz CT molecular complexity index is 1600. The minimum atomic E-state index is -4.18. The lowest BCUT2D eigenvalue weighted by Crippen LogP contribution is -2.53. The molecule has 0 aliphatic carbocycles. The van der Waals surface area contributed by atoms with Crippen LogP contribution in [0.4, 0.5) is 5.69 Å². The van der Waals surface area contributed by atoms with E-state index in [1.807, 2.05) is 30.3 Å². The molecule has 218 valence electrons. The Balaban J connectivity index is 1.78. The van der Waals surface area contributed by atoms with Crippen LogP contribution >= 0.6 is 23.2 Å². The van der Waals surface area contributed by atoms with Crippen molar-refractivity contribution in [2.75, 3.05) is 17.4 Å². The standard InChI is InChI=1S/C32H31Cl2N3O4S/c1-2-35-32(39)30(20-24-10-5-3-6-11-24)36(22-25-16-18-26(33)19-17-25)31(38)23-37(28-13-9-12-27(34)21-28)42(40,41)29-14-7-4-8-15-29/h3-19,21,30H,2,20,22-23H2,1H3,(H,35,39)/t30-/m1/s1. The maximum atomic E-state index is 14.3. The molecule has 0 radical (unpaired) electrons. The molecule has 0 aromatic heterocycles. The van der Waals surface area contributed by atoms with Gasteiger partial charge in [-0.3, -0.25) is 13.9 Å². The Morgan fingerprint density at radius 3 is 2.05 bits per heavy atom.